The third-order valence-electron chi connectivity index (χ3n) is 2.77. The van der Waals surface area contributed by atoms with E-state index in [1.54, 1.807) is 0 Å². The first-order valence-corrected chi connectivity index (χ1v) is 6.07. The van der Waals surface area contributed by atoms with Gasteiger partial charge in [0.05, 0.1) is 11.8 Å². The minimum atomic E-state index is 0.175. The van der Waals surface area contributed by atoms with Crippen LogP contribution >= 0.6 is 0 Å². The molecule has 1 unspecified atom stereocenters. The van der Waals surface area contributed by atoms with Crippen molar-refractivity contribution in [2.75, 3.05) is 13.2 Å². The number of nitrogens with zero attached hydrogens (tertiary/aromatic N) is 2. The summed E-state index contributed by atoms with van der Waals surface area (Å²) in [6.07, 6.45) is 3.58. The number of nitrogens with two attached hydrogens (primary N) is 1. The van der Waals surface area contributed by atoms with Crippen molar-refractivity contribution in [1.29, 1.82) is 0 Å². The van der Waals surface area contributed by atoms with Crippen LogP contribution in [-0.2, 0) is 11.3 Å². The van der Waals surface area contributed by atoms with E-state index in [1.165, 1.54) is 6.42 Å². The van der Waals surface area contributed by atoms with Gasteiger partial charge in [0.15, 0.2) is 0 Å². The average molecular weight is 237 g/mol. The normalized spacial score (nSPS) is 20.2. The van der Waals surface area contributed by atoms with Gasteiger partial charge in [-0.3, -0.25) is 0 Å². The lowest BCUT2D eigenvalue weighted by molar-refractivity contribution is -0.0129. The summed E-state index contributed by atoms with van der Waals surface area (Å²) in [4.78, 5) is 8.44. The van der Waals surface area contributed by atoms with Crippen LogP contribution in [0, 0.1) is 6.92 Å². The Balaban J connectivity index is 1.91. The molecule has 0 aromatic carbocycles. The Bertz CT molecular complexity index is 365. The monoisotopic (exact) mass is 237 g/mol. The molecule has 2 N–H and O–H groups in total. The lowest BCUT2D eigenvalue weighted by Gasteiger charge is -2.22. The van der Waals surface area contributed by atoms with Crippen molar-refractivity contribution in [2.24, 2.45) is 5.73 Å². The second kappa shape index (κ2) is 5.93. The Morgan fingerprint density at radius 1 is 1.47 bits per heavy atom. The van der Waals surface area contributed by atoms with Crippen molar-refractivity contribution in [3.8, 4) is 6.01 Å². The second-order valence-electron chi connectivity index (χ2n) is 4.29. The molecule has 0 amide bonds. The first-order valence-electron chi connectivity index (χ1n) is 6.07. The van der Waals surface area contributed by atoms with Crippen molar-refractivity contribution in [2.45, 2.75) is 38.8 Å². The molecule has 0 bridgehead atoms. The Labute approximate surface area is 101 Å². The van der Waals surface area contributed by atoms with Crippen LogP contribution in [0.4, 0.5) is 0 Å². The van der Waals surface area contributed by atoms with Gasteiger partial charge in [0, 0.05) is 18.8 Å². The minimum Gasteiger partial charge on any atom is -0.461 e. The third-order valence-corrected chi connectivity index (χ3v) is 2.77. The van der Waals surface area contributed by atoms with Gasteiger partial charge in [0.25, 0.3) is 0 Å². The zero-order chi connectivity index (χ0) is 12.1. The molecular formula is C12H19N3O2. The molecule has 5 nitrogen and oxygen atoms in total. The highest BCUT2D eigenvalue weighted by atomic mass is 16.5. The van der Waals surface area contributed by atoms with E-state index in [0.29, 0.717) is 19.2 Å². The lowest BCUT2D eigenvalue weighted by atomic mass is 10.1. The quantitative estimate of drug-likeness (QED) is 0.851. The number of aromatic nitrogens is 2. The fraction of sp³-hybridized carbons (Fsp3) is 0.667. The maximum atomic E-state index is 5.58. The molecule has 0 spiro atoms. The summed E-state index contributed by atoms with van der Waals surface area (Å²) < 4.78 is 11.1. The van der Waals surface area contributed by atoms with Gasteiger partial charge in [-0.05, 0) is 32.3 Å². The third kappa shape index (κ3) is 3.64. The Morgan fingerprint density at radius 3 is 3.06 bits per heavy atom. The highest BCUT2D eigenvalue weighted by Crippen LogP contribution is 2.14. The Morgan fingerprint density at radius 2 is 2.35 bits per heavy atom. The number of rotatable bonds is 4. The fourth-order valence-corrected chi connectivity index (χ4v) is 1.88. The highest BCUT2D eigenvalue weighted by Gasteiger charge is 2.15. The van der Waals surface area contributed by atoms with E-state index >= 15 is 0 Å². The average Bonchev–Trinajstić information content (AvgIpc) is 2.37. The summed E-state index contributed by atoms with van der Waals surface area (Å²) in [5.41, 5.74) is 7.23. The number of aryl methyl sites for hydroxylation is 1. The van der Waals surface area contributed by atoms with Crippen LogP contribution in [-0.4, -0.2) is 29.3 Å². The topological polar surface area (TPSA) is 70.3 Å². The fourth-order valence-electron chi connectivity index (χ4n) is 1.88. The number of ether oxygens (including phenoxy) is 2. The van der Waals surface area contributed by atoms with Crippen LogP contribution in [0.1, 0.15) is 30.7 Å². The van der Waals surface area contributed by atoms with E-state index in [0.717, 1.165) is 30.8 Å². The van der Waals surface area contributed by atoms with Crippen molar-refractivity contribution in [3.05, 3.63) is 17.5 Å². The van der Waals surface area contributed by atoms with Crippen LogP contribution in [0.2, 0.25) is 0 Å². The van der Waals surface area contributed by atoms with Crippen molar-refractivity contribution >= 4 is 0 Å². The van der Waals surface area contributed by atoms with Crippen LogP contribution in [0.25, 0.3) is 0 Å². The summed E-state index contributed by atoms with van der Waals surface area (Å²) >= 11 is 0. The van der Waals surface area contributed by atoms with Gasteiger partial charge in [-0.15, -0.1) is 0 Å². The molecule has 1 aliphatic rings. The van der Waals surface area contributed by atoms with Gasteiger partial charge in [-0.1, -0.05) is 0 Å². The zero-order valence-corrected chi connectivity index (χ0v) is 10.2. The molecule has 2 rings (SSSR count). The SMILES string of the molecule is Cc1cc(CN)nc(OCC2CCCCO2)n1. The van der Waals surface area contributed by atoms with Gasteiger partial charge in [-0.25, -0.2) is 4.98 Å². The van der Waals surface area contributed by atoms with Crippen molar-refractivity contribution < 1.29 is 9.47 Å². The molecule has 0 radical (unpaired) electrons. The summed E-state index contributed by atoms with van der Waals surface area (Å²) in [5, 5.41) is 0. The van der Waals surface area contributed by atoms with Gasteiger partial charge >= 0.3 is 6.01 Å². The number of hydrogen-bond acceptors (Lipinski definition) is 5. The van der Waals surface area contributed by atoms with Gasteiger partial charge in [0.2, 0.25) is 0 Å². The highest BCUT2D eigenvalue weighted by molar-refractivity contribution is 5.12. The van der Waals surface area contributed by atoms with Crippen LogP contribution in [0.3, 0.4) is 0 Å². The minimum absolute atomic E-state index is 0.175. The molecule has 1 aromatic heterocycles. The zero-order valence-electron chi connectivity index (χ0n) is 10.2. The van der Waals surface area contributed by atoms with E-state index in [-0.39, 0.29) is 6.10 Å². The van der Waals surface area contributed by atoms with E-state index in [1.807, 2.05) is 13.0 Å². The van der Waals surface area contributed by atoms with E-state index in [4.69, 9.17) is 15.2 Å². The van der Waals surface area contributed by atoms with Crippen LogP contribution in [0.15, 0.2) is 6.07 Å². The summed E-state index contributed by atoms with van der Waals surface area (Å²) in [7, 11) is 0. The van der Waals surface area contributed by atoms with E-state index in [2.05, 4.69) is 9.97 Å². The van der Waals surface area contributed by atoms with Crippen molar-refractivity contribution in [1.82, 2.24) is 9.97 Å². The maximum Gasteiger partial charge on any atom is 0.316 e. The molecule has 0 aliphatic carbocycles. The summed E-state index contributed by atoms with van der Waals surface area (Å²) in [5.74, 6) is 0. The number of hydrogen-bond donors (Lipinski definition) is 1. The lowest BCUT2D eigenvalue weighted by Crippen LogP contribution is -2.26. The summed E-state index contributed by atoms with van der Waals surface area (Å²) in [6, 6.07) is 2.27. The molecule has 1 atom stereocenters. The molecule has 94 valence electrons. The predicted octanol–water partition coefficient (Wildman–Crippen LogP) is 1.19. The summed E-state index contributed by atoms with van der Waals surface area (Å²) in [6.45, 7) is 3.66. The Kier molecular flexibility index (Phi) is 4.28. The molecule has 1 saturated heterocycles. The standard InChI is InChI=1S/C12H19N3O2/c1-9-6-10(7-13)15-12(14-9)17-8-11-4-2-3-5-16-11/h6,11H,2-5,7-8,13H2,1H3. The second-order valence-corrected chi connectivity index (χ2v) is 4.29. The first-order chi connectivity index (χ1) is 8.28. The molecule has 1 aromatic rings. The molecule has 17 heavy (non-hydrogen) atoms. The van der Waals surface area contributed by atoms with E-state index in [9.17, 15) is 0 Å². The predicted molar refractivity (Wildman–Crippen MR) is 63.7 cm³/mol. The molecule has 2 heterocycles. The molecule has 5 heteroatoms. The van der Waals surface area contributed by atoms with E-state index < -0.39 is 0 Å². The van der Waals surface area contributed by atoms with Gasteiger partial charge < -0.3 is 15.2 Å². The van der Waals surface area contributed by atoms with Crippen LogP contribution < -0.4 is 10.5 Å². The Hall–Kier alpha value is -1.20. The molecular weight excluding hydrogens is 218 g/mol. The first kappa shape index (κ1) is 12.3. The van der Waals surface area contributed by atoms with Gasteiger partial charge in [-0.2, -0.15) is 4.98 Å². The van der Waals surface area contributed by atoms with Gasteiger partial charge in [0.1, 0.15) is 6.61 Å². The smallest absolute Gasteiger partial charge is 0.316 e. The molecule has 0 saturated carbocycles. The maximum absolute atomic E-state index is 5.58. The molecule has 1 aliphatic heterocycles. The van der Waals surface area contributed by atoms with Crippen molar-refractivity contribution in [3.63, 3.8) is 0 Å². The largest absolute Gasteiger partial charge is 0.461 e. The van der Waals surface area contributed by atoms with Crippen LogP contribution in [0.5, 0.6) is 6.01 Å². The molecule has 1 fully saturated rings.